The molecule has 2 aliphatic carbocycles. The summed E-state index contributed by atoms with van der Waals surface area (Å²) in [5, 5.41) is 2.70. The van der Waals surface area contributed by atoms with Crippen LogP contribution in [0.1, 0.15) is 51.9 Å². The zero-order valence-electron chi connectivity index (χ0n) is 10.4. The summed E-state index contributed by atoms with van der Waals surface area (Å²) in [6, 6.07) is -0.370. The molecule has 1 atom stereocenters. The molecule has 2 rings (SSSR count). The smallest absolute Gasteiger partial charge is 0.408 e. The van der Waals surface area contributed by atoms with Gasteiger partial charge in [-0.05, 0) is 38.5 Å². The summed E-state index contributed by atoms with van der Waals surface area (Å²) in [4.78, 5) is 22.7. The Labute approximate surface area is 102 Å². The van der Waals surface area contributed by atoms with E-state index in [0.717, 1.165) is 44.8 Å². The lowest BCUT2D eigenvalue weighted by molar-refractivity contribution is -0.111. The number of ether oxygens (including phenoxy) is 1. The summed E-state index contributed by atoms with van der Waals surface area (Å²) in [6.07, 6.45) is 7.88. The van der Waals surface area contributed by atoms with E-state index in [-0.39, 0.29) is 11.6 Å². The van der Waals surface area contributed by atoms with Gasteiger partial charge in [0.1, 0.15) is 11.9 Å². The third-order valence-electron chi connectivity index (χ3n) is 3.88. The maximum absolute atomic E-state index is 11.6. The van der Waals surface area contributed by atoms with Gasteiger partial charge in [0, 0.05) is 0 Å². The average molecular weight is 239 g/mol. The quantitative estimate of drug-likeness (QED) is 0.766. The molecule has 2 saturated carbocycles. The fourth-order valence-corrected chi connectivity index (χ4v) is 2.42. The molecule has 17 heavy (non-hydrogen) atoms. The molecule has 0 aromatic rings. The molecule has 0 heterocycles. The molecule has 0 radical (unpaired) electrons. The van der Waals surface area contributed by atoms with Gasteiger partial charge in [0.2, 0.25) is 0 Å². The minimum absolute atomic E-state index is 0.274. The Morgan fingerprint density at radius 2 is 2.00 bits per heavy atom. The van der Waals surface area contributed by atoms with Crippen LogP contribution < -0.4 is 5.32 Å². The Morgan fingerprint density at radius 1 is 1.35 bits per heavy atom. The first kappa shape index (κ1) is 12.4. The molecule has 0 bridgehead atoms. The lowest BCUT2D eigenvalue weighted by Crippen LogP contribution is -2.43. The van der Waals surface area contributed by atoms with Gasteiger partial charge in [-0.15, -0.1) is 0 Å². The second-order valence-corrected chi connectivity index (χ2v) is 5.54. The molecule has 1 amide bonds. The van der Waals surface area contributed by atoms with Crippen LogP contribution in [0.5, 0.6) is 0 Å². The topological polar surface area (TPSA) is 55.4 Å². The van der Waals surface area contributed by atoms with Gasteiger partial charge in [0.25, 0.3) is 0 Å². The van der Waals surface area contributed by atoms with E-state index in [9.17, 15) is 9.59 Å². The summed E-state index contributed by atoms with van der Waals surface area (Å²) in [5.74, 6) is 0.292. The molecule has 0 aromatic carbocycles. The monoisotopic (exact) mass is 239 g/mol. The Morgan fingerprint density at radius 3 is 2.53 bits per heavy atom. The maximum Gasteiger partial charge on any atom is 0.408 e. The van der Waals surface area contributed by atoms with Gasteiger partial charge in [-0.25, -0.2) is 4.79 Å². The lowest BCUT2D eigenvalue weighted by atomic mass is 9.84. The first-order chi connectivity index (χ1) is 8.13. The zero-order chi connectivity index (χ0) is 12.3. The molecule has 2 aliphatic rings. The predicted octanol–water partition coefficient (Wildman–Crippen LogP) is 2.41. The number of alkyl carbamates (subject to hydrolysis) is 1. The summed E-state index contributed by atoms with van der Waals surface area (Å²) in [6.45, 7) is 1.92. The zero-order valence-corrected chi connectivity index (χ0v) is 10.4. The van der Waals surface area contributed by atoms with Crippen molar-refractivity contribution < 1.29 is 14.3 Å². The van der Waals surface area contributed by atoms with Crippen molar-refractivity contribution >= 4 is 12.4 Å². The van der Waals surface area contributed by atoms with Crippen LogP contribution >= 0.6 is 0 Å². The fraction of sp³-hybridized carbons (Fsp3) is 0.846. The minimum atomic E-state index is -0.437. The van der Waals surface area contributed by atoms with Crippen LogP contribution in [-0.2, 0) is 9.53 Å². The van der Waals surface area contributed by atoms with Gasteiger partial charge in [-0.1, -0.05) is 19.3 Å². The van der Waals surface area contributed by atoms with E-state index < -0.39 is 6.09 Å². The first-order valence-corrected chi connectivity index (χ1v) is 6.58. The number of hydrogen-bond donors (Lipinski definition) is 1. The van der Waals surface area contributed by atoms with Crippen molar-refractivity contribution in [2.24, 2.45) is 5.92 Å². The third-order valence-corrected chi connectivity index (χ3v) is 3.88. The average Bonchev–Trinajstić information content (AvgIpc) is 3.04. The van der Waals surface area contributed by atoms with Crippen LogP contribution in [0.3, 0.4) is 0 Å². The third kappa shape index (κ3) is 3.45. The van der Waals surface area contributed by atoms with Crippen molar-refractivity contribution in [2.75, 3.05) is 0 Å². The summed E-state index contributed by atoms with van der Waals surface area (Å²) >= 11 is 0. The Bertz CT molecular complexity index is 293. The van der Waals surface area contributed by atoms with Gasteiger partial charge >= 0.3 is 6.09 Å². The molecule has 0 spiro atoms. The first-order valence-electron chi connectivity index (χ1n) is 6.58. The number of carbonyl (C=O) groups excluding carboxylic acids is 2. The highest BCUT2D eigenvalue weighted by Gasteiger charge is 2.42. The number of nitrogens with one attached hydrogen (secondary N) is 1. The number of amides is 1. The fourth-order valence-electron chi connectivity index (χ4n) is 2.42. The van der Waals surface area contributed by atoms with E-state index in [0.29, 0.717) is 5.92 Å². The molecule has 0 aliphatic heterocycles. The number of carbonyl (C=O) groups is 2. The Hall–Kier alpha value is -1.06. The minimum Gasteiger partial charge on any atom is -0.443 e. The van der Waals surface area contributed by atoms with Crippen molar-refractivity contribution in [3.8, 4) is 0 Å². The molecule has 1 N–H and O–H groups in total. The van der Waals surface area contributed by atoms with E-state index in [1.807, 2.05) is 6.92 Å². The van der Waals surface area contributed by atoms with Crippen LogP contribution in [0, 0.1) is 5.92 Å². The van der Waals surface area contributed by atoms with Crippen molar-refractivity contribution in [1.29, 1.82) is 0 Å². The van der Waals surface area contributed by atoms with Crippen molar-refractivity contribution in [1.82, 2.24) is 5.32 Å². The van der Waals surface area contributed by atoms with Crippen LogP contribution in [0.15, 0.2) is 0 Å². The molecule has 0 saturated heterocycles. The van der Waals surface area contributed by atoms with Crippen molar-refractivity contribution in [3.63, 3.8) is 0 Å². The number of aldehydes is 1. The second-order valence-electron chi connectivity index (χ2n) is 5.54. The summed E-state index contributed by atoms with van der Waals surface area (Å²) in [7, 11) is 0. The van der Waals surface area contributed by atoms with Crippen molar-refractivity contribution in [3.05, 3.63) is 0 Å². The molecule has 96 valence electrons. The molecular formula is C13H21NO3. The van der Waals surface area contributed by atoms with E-state index >= 15 is 0 Å². The van der Waals surface area contributed by atoms with Crippen LogP contribution in [0.2, 0.25) is 0 Å². The Kier molecular flexibility index (Phi) is 3.69. The highest BCUT2D eigenvalue weighted by atomic mass is 16.6. The van der Waals surface area contributed by atoms with Crippen LogP contribution in [0.25, 0.3) is 0 Å². The number of hydrogen-bond acceptors (Lipinski definition) is 3. The summed E-state index contributed by atoms with van der Waals surface area (Å²) < 4.78 is 5.26. The standard InChI is InChI=1S/C13H21NO3/c1-13(7-8-13)17-12(16)14-11(9-15)10-5-3-2-4-6-10/h9-11H,2-8H2,1H3,(H,14,16). The van der Waals surface area contributed by atoms with Gasteiger partial charge in [0.05, 0.1) is 6.04 Å². The van der Waals surface area contributed by atoms with E-state index in [4.69, 9.17) is 4.74 Å². The largest absolute Gasteiger partial charge is 0.443 e. The maximum atomic E-state index is 11.6. The van der Waals surface area contributed by atoms with Crippen LogP contribution in [-0.4, -0.2) is 24.0 Å². The molecule has 1 unspecified atom stereocenters. The Balaban J connectivity index is 1.81. The second kappa shape index (κ2) is 5.07. The highest BCUT2D eigenvalue weighted by Crippen LogP contribution is 2.38. The molecule has 2 fully saturated rings. The van der Waals surface area contributed by atoms with Gasteiger partial charge in [0.15, 0.2) is 0 Å². The van der Waals surface area contributed by atoms with Crippen LogP contribution in [0.4, 0.5) is 4.79 Å². The normalized spacial score (nSPS) is 24.8. The summed E-state index contributed by atoms with van der Waals surface area (Å²) in [5.41, 5.74) is -0.274. The van der Waals surface area contributed by atoms with Crippen molar-refractivity contribution in [2.45, 2.75) is 63.5 Å². The van der Waals surface area contributed by atoms with E-state index in [1.54, 1.807) is 0 Å². The number of rotatable bonds is 4. The SMILES string of the molecule is CC1(OC(=O)NC(C=O)C2CCCCC2)CC1. The predicted molar refractivity (Wildman–Crippen MR) is 63.7 cm³/mol. The lowest BCUT2D eigenvalue weighted by Gasteiger charge is -2.27. The molecule has 4 heteroatoms. The highest BCUT2D eigenvalue weighted by molar-refractivity contribution is 5.73. The van der Waals surface area contributed by atoms with Gasteiger partial charge in [-0.3, -0.25) is 0 Å². The van der Waals surface area contributed by atoms with E-state index in [2.05, 4.69) is 5.32 Å². The molecule has 4 nitrogen and oxygen atoms in total. The molecular weight excluding hydrogens is 218 g/mol. The van der Waals surface area contributed by atoms with E-state index in [1.165, 1.54) is 6.42 Å². The molecule has 0 aromatic heterocycles. The van der Waals surface area contributed by atoms with Gasteiger partial charge in [-0.2, -0.15) is 0 Å². The van der Waals surface area contributed by atoms with Gasteiger partial charge < -0.3 is 14.8 Å².